The molecule has 0 aliphatic heterocycles. The lowest BCUT2D eigenvalue weighted by Crippen LogP contribution is -2.33. The molecule has 170 valence electrons. The van der Waals surface area contributed by atoms with Crippen molar-refractivity contribution in [3.8, 4) is 0 Å². The highest BCUT2D eigenvalue weighted by molar-refractivity contribution is 7.87. The SMILES string of the molecule is CCc1csc(CCN(c2ccccc2NC(=O)CC(=O)OC(C)(C)C)S(=O)(=O)O)n1. The van der Waals surface area contributed by atoms with Crippen LogP contribution in [0.2, 0.25) is 0 Å². The van der Waals surface area contributed by atoms with E-state index in [1.807, 2.05) is 12.3 Å². The number of nitrogens with one attached hydrogen (secondary N) is 1. The van der Waals surface area contributed by atoms with Gasteiger partial charge in [-0.2, -0.15) is 8.42 Å². The summed E-state index contributed by atoms with van der Waals surface area (Å²) in [5.74, 6) is -1.37. The molecule has 0 saturated carbocycles. The summed E-state index contributed by atoms with van der Waals surface area (Å²) in [7, 11) is -4.62. The summed E-state index contributed by atoms with van der Waals surface area (Å²) in [6.07, 6.45) is 0.520. The molecule has 1 aromatic carbocycles. The Labute approximate surface area is 186 Å². The van der Waals surface area contributed by atoms with Crippen LogP contribution in [0, 0.1) is 0 Å². The van der Waals surface area contributed by atoms with Crippen LogP contribution in [0.25, 0.3) is 0 Å². The molecule has 0 saturated heterocycles. The number of hydrogen-bond acceptors (Lipinski definition) is 7. The summed E-state index contributed by atoms with van der Waals surface area (Å²) in [6.45, 7) is 6.96. The molecule has 2 N–H and O–H groups in total. The first kappa shape index (κ1) is 24.8. The largest absolute Gasteiger partial charge is 0.460 e. The summed E-state index contributed by atoms with van der Waals surface area (Å²) in [5.41, 5.74) is 0.398. The number of hydrogen-bond donors (Lipinski definition) is 2. The third-order valence-electron chi connectivity index (χ3n) is 3.94. The van der Waals surface area contributed by atoms with Crippen molar-refractivity contribution in [1.82, 2.24) is 4.98 Å². The molecule has 31 heavy (non-hydrogen) atoms. The van der Waals surface area contributed by atoms with Crippen LogP contribution >= 0.6 is 11.3 Å². The molecule has 1 heterocycles. The maximum atomic E-state index is 12.3. The molecule has 0 fully saturated rings. The van der Waals surface area contributed by atoms with Crippen LogP contribution in [0.15, 0.2) is 29.6 Å². The van der Waals surface area contributed by atoms with Gasteiger partial charge < -0.3 is 10.1 Å². The van der Waals surface area contributed by atoms with E-state index in [9.17, 15) is 22.6 Å². The van der Waals surface area contributed by atoms with Crippen molar-refractivity contribution >= 4 is 44.9 Å². The van der Waals surface area contributed by atoms with Crippen molar-refractivity contribution in [1.29, 1.82) is 0 Å². The first-order valence-corrected chi connectivity index (χ1v) is 12.0. The van der Waals surface area contributed by atoms with Crippen molar-refractivity contribution in [3.05, 3.63) is 40.3 Å². The zero-order valence-corrected chi connectivity index (χ0v) is 19.5. The normalized spacial score (nSPS) is 11.8. The zero-order valence-electron chi connectivity index (χ0n) is 17.9. The Balaban J connectivity index is 2.18. The van der Waals surface area contributed by atoms with Crippen molar-refractivity contribution in [2.45, 2.75) is 52.6 Å². The van der Waals surface area contributed by atoms with Crippen LogP contribution in [0.5, 0.6) is 0 Å². The number of ether oxygens (including phenoxy) is 1. The molecule has 9 nitrogen and oxygen atoms in total. The van der Waals surface area contributed by atoms with Crippen molar-refractivity contribution in [2.24, 2.45) is 0 Å². The second-order valence-corrected chi connectivity index (χ2v) is 9.99. The predicted octanol–water partition coefficient (Wildman–Crippen LogP) is 3.23. The topological polar surface area (TPSA) is 126 Å². The number of para-hydroxylation sites is 2. The molecule has 2 aromatic rings. The van der Waals surface area contributed by atoms with Crippen molar-refractivity contribution in [3.63, 3.8) is 0 Å². The first-order valence-electron chi connectivity index (χ1n) is 9.68. The Morgan fingerprint density at radius 2 is 1.94 bits per heavy atom. The second kappa shape index (κ2) is 10.2. The number of anilines is 2. The summed E-state index contributed by atoms with van der Waals surface area (Å²) < 4.78 is 39.8. The van der Waals surface area contributed by atoms with E-state index in [0.29, 0.717) is 0 Å². The number of carbonyl (C=O) groups excluding carboxylic acids is 2. The minimum absolute atomic E-state index is 0.0749. The van der Waals surface area contributed by atoms with Gasteiger partial charge in [-0.05, 0) is 39.3 Å². The summed E-state index contributed by atoms with van der Waals surface area (Å²) in [6, 6.07) is 6.12. The highest BCUT2D eigenvalue weighted by Crippen LogP contribution is 2.28. The maximum absolute atomic E-state index is 12.3. The molecule has 0 unspecified atom stereocenters. The van der Waals surface area contributed by atoms with E-state index in [4.69, 9.17) is 4.74 Å². The summed E-state index contributed by atoms with van der Waals surface area (Å²) in [4.78, 5) is 28.6. The van der Waals surface area contributed by atoms with Crippen LogP contribution in [-0.2, 0) is 37.5 Å². The van der Waals surface area contributed by atoms with Gasteiger partial charge in [-0.3, -0.25) is 14.1 Å². The van der Waals surface area contributed by atoms with E-state index in [1.54, 1.807) is 32.9 Å². The highest BCUT2D eigenvalue weighted by Gasteiger charge is 2.24. The van der Waals surface area contributed by atoms with Crippen LogP contribution in [0.4, 0.5) is 11.4 Å². The fourth-order valence-electron chi connectivity index (χ4n) is 2.68. The van der Waals surface area contributed by atoms with Crippen LogP contribution in [0.1, 0.15) is 44.8 Å². The number of carbonyl (C=O) groups is 2. The predicted molar refractivity (Wildman–Crippen MR) is 120 cm³/mol. The highest BCUT2D eigenvalue weighted by atomic mass is 32.2. The number of benzene rings is 1. The van der Waals surface area contributed by atoms with E-state index in [-0.39, 0.29) is 24.3 Å². The standard InChI is InChI=1S/C20H27N3O6S2/c1-5-14-13-30-18(21-14)10-11-23(31(26,27)28)16-9-7-6-8-15(16)22-17(24)12-19(25)29-20(2,3)4/h6-9,13H,5,10-12H2,1-4H3,(H,22,24)(H,26,27,28). The van der Waals surface area contributed by atoms with Gasteiger partial charge in [0.15, 0.2) is 0 Å². The van der Waals surface area contributed by atoms with Gasteiger partial charge >= 0.3 is 16.3 Å². The first-order chi connectivity index (χ1) is 14.4. The average Bonchev–Trinajstić information content (AvgIpc) is 3.08. The number of nitrogens with zero attached hydrogens (tertiary/aromatic N) is 2. The van der Waals surface area contributed by atoms with Gasteiger partial charge in [0.2, 0.25) is 5.91 Å². The number of thiazole rings is 1. The number of esters is 1. The van der Waals surface area contributed by atoms with E-state index in [2.05, 4.69) is 10.3 Å². The summed E-state index contributed by atoms with van der Waals surface area (Å²) >= 11 is 1.41. The average molecular weight is 470 g/mol. The lowest BCUT2D eigenvalue weighted by atomic mass is 10.2. The number of amides is 1. The second-order valence-electron chi connectivity index (χ2n) is 7.71. The molecule has 0 bridgehead atoms. The smallest absolute Gasteiger partial charge is 0.360 e. The van der Waals surface area contributed by atoms with Crippen LogP contribution in [-0.4, -0.2) is 42.0 Å². The van der Waals surface area contributed by atoms with Gasteiger partial charge in [-0.25, -0.2) is 9.29 Å². The lowest BCUT2D eigenvalue weighted by molar-refractivity contribution is -0.155. The fourth-order valence-corrected chi connectivity index (χ4v) is 4.28. The molecule has 0 aliphatic carbocycles. The molecule has 1 amide bonds. The Morgan fingerprint density at radius 1 is 1.26 bits per heavy atom. The minimum Gasteiger partial charge on any atom is -0.460 e. The molecular weight excluding hydrogens is 442 g/mol. The zero-order chi connectivity index (χ0) is 23.2. The third kappa shape index (κ3) is 7.93. The van der Waals surface area contributed by atoms with E-state index in [1.165, 1.54) is 23.5 Å². The molecule has 0 aliphatic rings. The van der Waals surface area contributed by atoms with E-state index >= 15 is 0 Å². The van der Waals surface area contributed by atoms with Gasteiger partial charge in [-0.15, -0.1) is 11.3 Å². The number of aromatic nitrogens is 1. The number of aryl methyl sites for hydroxylation is 1. The van der Waals surface area contributed by atoms with Crippen LogP contribution in [0.3, 0.4) is 0 Å². The Kier molecular flexibility index (Phi) is 8.15. The van der Waals surface area contributed by atoms with E-state index in [0.717, 1.165) is 21.4 Å². The Bertz CT molecular complexity index is 1030. The summed E-state index contributed by atoms with van der Waals surface area (Å²) in [5, 5.41) is 5.16. The molecular formula is C20H27N3O6S2. The minimum atomic E-state index is -4.62. The van der Waals surface area contributed by atoms with E-state index < -0.39 is 34.2 Å². The lowest BCUT2D eigenvalue weighted by Gasteiger charge is -2.23. The third-order valence-corrected chi connectivity index (χ3v) is 5.83. The molecule has 0 spiro atoms. The Morgan fingerprint density at radius 3 is 2.52 bits per heavy atom. The molecule has 11 heteroatoms. The maximum Gasteiger partial charge on any atom is 0.360 e. The molecule has 0 radical (unpaired) electrons. The number of rotatable bonds is 9. The molecule has 1 aromatic heterocycles. The van der Waals surface area contributed by atoms with Gasteiger partial charge in [0, 0.05) is 18.3 Å². The Hall–Kier alpha value is -2.50. The van der Waals surface area contributed by atoms with Gasteiger partial charge in [0.25, 0.3) is 0 Å². The van der Waals surface area contributed by atoms with Crippen molar-refractivity contribution in [2.75, 3.05) is 16.2 Å². The van der Waals surface area contributed by atoms with Crippen molar-refractivity contribution < 1.29 is 27.3 Å². The van der Waals surface area contributed by atoms with Crippen LogP contribution < -0.4 is 9.62 Å². The molecule has 2 rings (SSSR count). The van der Waals surface area contributed by atoms with Gasteiger partial charge in [-0.1, -0.05) is 19.1 Å². The fraction of sp³-hybridized carbons (Fsp3) is 0.450. The van der Waals surface area contributed by atoms with Gasteiger partial charge in [0.05, 0.1) is 22.1 Å². The quantitative estimate of drug-likeness (QED) is 0.328. The monoisotopic (exact) mass is 469 g/mol. The molecule has 0 atom stereocenters. The van der Waals surface area contributed by atoms with Gasteiger partial charge in [0.1, 0.15) is 12.0 Å².